The lowest BCUT2D eigenvalue weighted by Gasteiger charge is -2.39. The second-order valence-corrected chi connectivity index (χ2v) is 10.2. The van der Waals surface area contributed by atoms with Gasteiger partial charge in [-0.2, -0.15) is 26.3 Å². The summed E-state index contributed by atoms with van der Waals surface area (Å²) in [6.07, 6.45) is -10.2. The number of unbranched alkanes of at least 4 members (excludes halogenated alkanes) is 1. The first-order valence-corrected chi connectivity index (χ1v) is 13.2. The van der Waals surface area contributed by atoms with Crippen LogP contribution in [0.4, 0.5) is 26.3 Å². The maximum absolute atomic E-state index is 13.4. The molecule has 6 nitrogen and oxygen atoms in total. The third-order valence-electron chi connectivity index (χ3n) is 7.41. The van der Waals surface area contributed by atoms with Gasteiger partial charge < -0.3 is 14.6 Å². The number of benzene rings is 2. The topological polar surface area (TPSA) is 76.1 Å². The highest BCUT2D eigenvalue weighted by Gasteiger charge is 2.71. The maximum Gasteiger partial charge on any atom is 0.430 e. The lowest BCUT2D eigenvalue weighted by Crippen LogP contribution is -2.53. The molecule has 0 aromatic heterocycles. The number of aliphatic hydroxyl groups is 1. The van der Waals surface area contributed by atoms with Crippen molar-refractivity contribution in [1.82, 2.24) is 4.90 Å². The Morgan fingerprint density at radius 3 is 2.24 bits per heavy atom. The largest absolute Gasteiger partial charge is 0.496 e. The number of halogens is 6. The Kier molecular flexibility index (Phi) is 9.67. The number of carbonyl (C=O) groups is 2. The zero-order valence-electron chi connectivity index (χ0n) is 23.0. The molecule has 1 saturated heterocycles. The number of imide groups is 1. The number of hydrogen-bond acceptors (Lipinski definition) is 5. The molecule has 2 aromatic carbocycles. The Morgan fingerprint density at radius 2 is 1.63 bits per heavy atom. The highest BCUT2D eigenvalue weighted by atomic mass is 19.4. The number of aryl methyl sites for hydroxylation is 1. The summed E-state index contributed by atoms with van der Waals surface area (Å²) in [6, 6.07) is 9.33. The normalized spacial score (nSPS) is 18.5. The summed E-state index contributed by atoms with van der Waals surface area (Å²) < 4.78 is 91.0. The van der Waals surface area contributed by atoms with Gasteiger partial charge in [-0.25, -0.2) is 0 Å². The van der Waals surface area contributed by atoms with Crippen molar-refractivity contribution in [2.75, 3.05) is 20.3 Å². The van der Waals surface area contributed by atoms with E-state index in [0.29, 0.717) is 49.1 Å². The number of carbonyl (C=O) groups excluding carboxylic acids is 2. The number of piperidine rings is 1. The molecule has 0 aliphatic carbocycles. The van der Waals surface area contributed by atoms with E-state index in [4.69, 9.17) is 9.47 Å². The first-order chi connectivity index (χ1) is 19.1. The van der Waals surface area contributed by atoms with Crippen molar-refractivity contribution in [3.05, 3.63) is 59.2 Å². The number of para-hydroxylation sites is 1. The molecule has 0 spiro atoms. The van der Waals surface area contributed by atoms with Crippen LogP contribution in [-0.4, -0.2) is 54.4 Å². The number of ether oxygens (including phenoxy) is 2. The Labute approximate surface area is 234 Å². The molecule has 1 N–H and O–H groups in total. The summed E-state index contributed by atoms with van der Waals surface area (Å²) in [7, 11) is 1.50. The zero-order valence-corrected chi connectivity index (χ0v) is 23.0. The van der Waals surface area contributed by atoms with Gasteiger partial charge in [-0.1, -0.05) is 37.6 Å². The van der Waals surface area contributed by atoms with Gasteiger partial charge >= 0.3 is 12.4 Å². The molecule has 0 bridgehead atoms. The Balaban J connectivity index is 1.68. The van der Waals surface area contributed by atoms with Gasteiger partial charge in [-0.3, -0.25) is 14.5 Å². The van der Waals surface area contributed by atoms with E-state index in [0.717, 1.165) is 6.07 Å². The van der Waals surface area contributed by atoms with Crippen LogP contribution in [0.3, 0.4) is 0 Å². The van der Waals surface area contributed by atoms with E-state index >= 15 is 0 Å². The van der Waals surface area contributed by atoms with Crippen molar-refractivity contribution < 1.29 is 50.5 Å². The number of methoxy groups -OCH3 is 1. The van der Waals surface area contributed by atoms with Gasteiger partial charge in [-0.15, -0.1) is 0 Å². The second kappa shape index (κ2) is 12.3. The molecule has 2 amide bonds. The summed E-state index contributed by atoms with van der Waals surface area (Å²) in [5.41, 5.74) is -6.54. The maximum atomic E-state index is 13.4. The Morgan fingerprint density at radius 1 is 0.976 bits per heavy atom. The van der Waals surface area contributed by atoms with Crippen molar-refractivity contribution >= 4 is 11.8 Å². The fraction of sp³-hybridized carbons (Fsp3) is 0.517. The predicted molar refractivity (Wildman–Crippen MR) is 137 cm³/mol. The van der Waals surface area contributed by atoms with E-state index < -0.39 is 28.9 Å². The molecule has 2 aromatic rings. The SMILES string of the molecule is CCCc1cc(C(O)(C(F)(F)F)C(F)(F)F)ccc1OCCCCN1C(=O)CCC(C)(c2ccccc2OC)C1=O. The lowest BCUT2D eigenvalue weighted by atomic mass is 9.74. The summed E-state index contributed by atoms with van der Waals surface area (Å²) in [6.45, 7) is 3.63. The van der Waals surface area contributed by atoms with Gasteiger partial charge in [0.25, 0.3) is 5.60 Å². The van der Waals surface area contributed by atoms with Gasteiger partial charge in [-0.05, 0) is 56.4 Å². The summed E-state index contributed by atoms with van der Waals surface area (Å²) >= 11 is 0. The van der Waals surface area contributed by atoms with Gasteiger partial charge in [0, 0.05) is 24.1 Å². The highest BCUT2D eigenvalue weighted by Crippen LogP contribution is 2.50. The van der Waals surface area contributed by atoms with Crippen LogP contribution in [-0.2, 0) is 27.0 Å². The van der Waals surface area contributed by atoms with Crippen molar-refractivity contribution in [3.63, 3.8) is 0 Å². The van der Waals surface area contributed by atoms with Crippen molar-refractivity contribution in [2.24, 2.45) is 0 Å². The average molecular weight is 590 g/mol. The van der Waals surface area contributed by atoms with Crippen molar-refractivity contribution in [3.8, 4) is 11.5 Å². The third kappa shape index (κ3) is 6.32. The minimum atomic E-state index is -5.98. The molecular formula is C29H33F6NO5. The monoisotopic (exact) mass is 589 g/mol. The molecule has 1 unspecified atom stereocenters. The van der Waals surface area contributed by atoms with E-state index in [9.17, 15) is 41.0 Å². The van der Waals surface area contributed by atoms with Crippen LogP contribution in [0, 0.1) is 0 Å². The minimum Gasteiger partial charge on any atom is -0.496 e. The first-order valence-electron chi connectivity index (χ1n) is 13.2. The van der Waals surface area contributed by atoms with Crippen molar-refractivity contribution in [1.29, 1.82) is 0 Å². The summed E-state index contributed by atoms with van der Waals surface area (Å²) in [5, 5.41) is 9.73. The Hall–Kier alpha value is -3.28. The standard InChI is InChI=1S/C29H33F6NO5/c1-4-9-19-18-20(27(39,28(30,31)32)29(33,34)35)12-13-22(19)41-17-8-7-16-36-24(37)14-15-26(2,25(36)38)21-10-5-6-11-23(21)40-3/h5-6,10-13,18,39H,4,7-9,14-17H2,1-3H3. The average Bonchev–Trinajstić information content (AvgIpc) is 2.91. The highest BCUT2D eigenvalue weighted by molar-refractivity contribution is 6.03. The van der Waals surface area contributed by atoms with Gasteiger partial charge in [0.2, 0.25) is 11.8 Å². The number of nitrogens with zero attached hydrogens (tertiary/aromatic N) is 1. The number of alkyl halides is 6. The minimum absolute atomic E-state index is 0.0405. The van der Waals surface area contributed by atoms with Crippen LogP contribution < -0.4 is 9.47 Å². The predicted octanol–water partition coefficient (Wildman–Crippen LogP) is 6.23. The quantitative estimate of drug-likeness (QED) is 0.191. The van der Waals surface area contributed by atoms with Crippen LogP contribution in [0.15, 0.2) is 42.5 Å². The number of amides is 2. The lowest BCUT2D eigenvalue weighted by molar-refractivity contribution is -0.376. The molecular weight excluding hydrogens is 556 g/mol. The zero-order chi connectivity index (χ0) is 30.6. The van der Waals surface area contributed by atoms with Crippen LogP contribution in [0.2, 0.25) is 0 Å². The molecule has 0 saturated carbocycles. The second-order valence-electron chi connectivity index (χ2n) is 10.2. The van der Waals surface area contributed by atoms with Gasteiger partial charge in [0.05, 0.1) is 19.1 Å². The third-order valence-corrected chi connectivity index (χ3v) is 7.41. The molecule has 1 heterocycles. The molecule has 41 heavy (non-hydrogen) atoms. The van der Waals surface area contributed by atoms with Crippen LogP contribution in [0.1, 0.15) is 62.6 Å². The molecule has 1 aliphatic heterocycles. The van der Waals surface area contributed by atoms with Crippen LogP contribution in [0.25, 0.3) is 0 Å². The summed E-state index contributed by atoms with van der Waals surface area (Å²) in [4.78, 5) is 27.2. The number of hydrogen-bond donors (Lipinski definition) is 1. The van der Waals surface area contributed by atoms with Crippen LogP contribution >= 0.6 is 0 Å². The number of rotatable bonds is 11. The van der Waals surface area contributed by atoms with Crippen LogP contribution in [0.5, 0.6) is 11.5 Å². The smallest absolute Gasteiger partial charge is 0.430 e. The fourth-order valence-electron chi connectivity index (χ4n) is 5.04. The Bertz CT molecular complexity index is 1230. The van der Waals surface area contributed by atoms with E-state index in [1.165, 1.54) is 12.0 Å². The molecule has 0 radical (unpaired) electrons. The first kappa shape index (κ1) is 32.2. The molecule has 1 aliphatic rings. The van der Waals surface area contributed by atoms with Gasteiger partial charge in [0.15, 0.2) is 0 Å². The van der Waals surface area contributed by atoms with E-state index in [1.54, 1.807) is 38.1 Å². The van der Waals surface area contributed by atoms with E-state index in [2.05, 4.69) is 0 Å². The van der Waals surface area contributed by atoms with E-state index in [1.807, 2.05) is 0 Å². The molecule has 1 fully saturated rings. The number of likely N-dealkylation sites (tertiary alicyclic amines) is 1. The molecule has 12 heteroatoms. The van der Waals surface area contributed by atoms with Crippen molar-refractivity contribution in [2.45, 2.75) is 75.7 Å². The van der Waals surface area contributed by atoms with Gasteiger partial charge in [0.1, 0.15) is 11.5 Å². The molecule has 3 rings (SSSR count). The fourth-order valence-corrected chi connectivity index (χ4v) is 5.04. The molecule has 1 atom stereocenters. The molecule has 226 valence electrons. The van der Waals surface area contributed by atoms with E-state index in [-0.39, 0.29) is 49.1 Å². The summed E-state index contributed by atoms with van der Waals surface area (Å²) in [5.74, 6) is -0.00670.